The van der Waals surface area contributed by atoms with E-state index in [4.69, 9.17) is 18.9 Å². The third-order valence-corrected chi connectivity index (χ3v) is 5.37. The van der Waals surface area contributed by atoms with Crippen LogP contribution in [-0.4, -0.2) is 45.4 Å². The maximum atomic E-state index is 13.1. The Labute approximate surface area is 172 Å². The van der Waals surface area contributed by atoms with Crippen LogP contribution in [-0.2, 0) is 22.5 Å². The second-order valence-corrected chi connectivity index (χ2v) is 6.98. The number of carbonyl (C=O) groups excluding carboxylic acids is 1. The molecule has 1 unspecified atom stereocenters. The summed E-state index contributed by atoms with van der Waals surface area (Å²) in [6.45, 7) is 5.40. The number of benzene rings is 2. The molecule has 0 bridgehead atoms. The molecule has 1 heterocycles. The minimum atomic E-state index is -0.600. The highest BCUT2D eigenvalue weighted by molar-refractivity contribution is 5.82. The van der Waals surface area contributed by atoms with Crippen LogP contribution in [0, 0.1) is 6.92 Å². The largest absolute Gasteiger partial charge is 0.496 e. The lowest BCUT2D eigenvalue weighted by molar-refractivity contribution is -0.150. The van der Waals surface area contributed by atoms with Gasteiger partial charge in [0.25, 0.3) is 0 Å². The predicted octanol–water partition coefficient (Wildman–Crippen LogP) is 3.68. The lowest BCUT2D eigenvalue weighted by atomic mass is 9.88. The van der Waals surface area contributed by atoms with Crippen LogP contribution in [0.25, 0.3) is 0 Å². The van der Waals surface area contributed by atoms with Crippen LogP contribution in [0.15, 0.2) is 30.3 Å². The number of methoxy groups -OCH3 is 3. The lowest BCUT2D eigenvalue weighted by Crippen LogP contribution is -2.40. The summed E-state index contributed by atoms with van der Waals surface area (Å²) in [4.78, 5) is 15.2. The van der Waals surface area contributed by atoms with Crippen molar-refractivity contribution in [3.63, 3.8) is 0 Å². The monoisotopic (exact) mass is 399 g/mol. The molecule has 0 amide bonds. The van der Waals surface area contributed by atoms with Crippen LogP contribution in [0.5, 0.6) is 17.2 Å². The van der Waals surface area contributed by atoms with Crippen molar-refractivity contribution in [3.8, 4) is 17.2 Å². The summed E-state index contributed by atoms with van der Waals surface area (Å²) in [7, 11) is 4.84. The van der Waals surface area contributed by atoms with E-state index < -0.39 is 6.04 Å². The Bertz CT molecular complexity index is 840. The van der Waals surface area contributed by atoms with E-state index in [0.29, 0.717) is 31.2 Å². The number of esters is 1. The third kappa shape index (κ3) is 3.90. The summed E-state index contributed by atoms with van der Waals surface area (Å²) in [6, 6.07) is 9.51. The first kappa shape index (κ1) is 21.0. The number of nitrogens with zero attached hydrogens (tertiary/aromatic N) is 1. The van der Waals surface area contributed by atoms with Gasteiger partial charge in [-0.05, 0) is 25.8 Å². The minimum absolute atomic E-state index is 0.296. The number of hydrogen-bond donors (Lipinski definition) is 0. The quantitative estimate of drug-likeness (QED) is 0.662. The molecule has 0 aliphatic carbocycles. The molecule has 156 valence electrons. The van der Waals surface area contributed by atoms with E-state index in [0.717, 1.165) is 34.4 Å². The highest BCUT2D eigenvalue weighted by Gasteiger charge is 2.40. The van der Waals surface area contributed by atoms with Crippen molar-refractivity contribution >= 4 is 5.97 Å². The van der Waals surface area contributed by atoms with Gasteiger partial charge in [-0.15, -0.1) is 0 Å². The predicted molar refractivity (Wildman–Crippen MR) is 111 cm³/mol. The first-order valence-corrected chi connectivity index (χ1v) is 9.83. The number of fused-ring (bicyclic) bond motifs is 1. The molecule has 6 nitrogen and oxygen atoms in total. The van der Waals surface area contributed by atoms with Crippen LogP contribution < -0.4 is 14.2 Å². The molecule has 0 N–H and O–H groups in total. The molecule has 0 radical (unpaired) electrons. The molecule has 0 saturated carbocycles. The summed E-state index contributed by atoms with van der Waals surface area (Å²) in [6.07, 6.45) is 0.739. The Morgan fingerprint density at radius 2 is 1.69 bits per heavy atom. The van der Waals surface area contributed by atoms with Crippen molar-refractivity contribution in [3.05, 3.63) is 52.6 Å². The van der Waals surface area contributed by atoms with E-state index >= 15 is 0 Å². The first-order chi connectivity index (χ1) is 14.1. The van der Waals surface area contributed by atoms with Crippen LogP contribution in [0.4, 0.5) is 0 Å². The second-order valence-electron chi connectivity index (χ2n) is 6.98. The molecule has 1 aliphatic heterocycles. The summed E-state index contributed by atoms with van der Waals surface area (Å²) in [5, 5.41) is 0. The van der Waals surface area contributed by atoms with Gasteiger partial charge in [-0.1, -0.05) is 30.3 Å². The van der Waals surface area contributed by atoms with Crippen LogP contribution in [0.3, 0.4) is 0 Å². The normalized spacial score (nSPS) is 16.1. The van der Waals surface area contributed by atoms with Gasteiger partial charge in [-0.25, -0.2) is 4.79 Å². The number of ether oxygens (including phenoxy) is 4. The molecule has 29 heavy (non-hydrogen) atoms. The van der Waals surface area contributed by atoms with Gasteiger partial charge in [0.2, 0.25) is 0 Å². The Hall–Kier alpha value is -2.73. The number of hydrogen-bond acceptors (Lipinski definition) is 6. The fourth-order valence-electron chi connectivity index (χ4n) is 4.19. The van der Waals surface area contributed by atoms with Crippen molar-refractivity contribution < 1.29 is 23.7 Å². The highest BCUT2D eigenvalue weighted by atomic mass is 16.5. The molecule has 0 fully saturated rings. The third-order valence-electron chi connectivity index (χ3n) is 5.37. The maximum Gasteiger partial charge on any atom is 0.328 e. The van der Waals surface area contributed by atoms with Gasteiger partial charge in [0, 0.05) is 29.8 Å². The van der Waals surface area contributed by atoms with Crippen molar-refractivity contribution in [2.75, 3.05) is 34.5 Å². The van der Waals surface area contributed by atoms with Gasteiger partial charge in [-0.3, -0.25) is 4.90 Å². The summed E-state index contributed by atoms with van der Waals surface area (Å²) < 4.78 is 22.6. The summed E-state index contributed by atoms with van der Waals surface area (Å²) in [5.41, 5.74) is 3.75. The molecule has 3 rings (SSSR count). The van der Waals surface area contributed by atoms with E-state index in [1.54, 1.807) is 21.3 Å². The van der Waals surface area contributed by atoms with Crippen LogP contribution >= 0.6 is 0 Å². The van der Waals surface area contributed by atoms with Crippen LogP contribution in [0.1, 0.15) is 35.2 Å². The Morgan fingerprint density at radius 1 is 1.03 bits per heavy atom. The van der Waals surface area contributed by atoms with Crippen molar-refractivity contribution in [1.29, 1.82) is 0 Å². The molecule has 0 saturated heterocycles. The van der Waals surface area contributed by atoms with Gasteiger partial charge in [0.15, 0.2) is 11.5 Å². The average molecular weight is 399 g/mol. The average Bonchev–Trinajstić information content (AvgIpc) is 2.73. The minimum Gasteiger partial charge on any atom is -0.496 e. The van der Waals surface area contributed by atoms with Crippen LogP contribution in [0.2, 0.25) is 0 Å². The zero-order chi connectivity index (χ0) is 21.0. The molecular formula is C23H29NO5. The van der Waals surface area contributed by atoms with Crippen molar-refractivity contribution in [1.82, 2.24) is 4.90 Å². The summed E-state index contributed by atoms with van der Waals surface area (Å²) in [5.74, 6) is 1.59. The van der Waals surface area contributed by atoms with Gasteiger partial charge < -0.3 is 18.9 Å². The standard InChI is InChI=1S/C23H29NO5/c1-6-29-23(25)19-18-17(12-13-24(19)14-16-10-8-7-9-11-16)20(26-3)15(2)21(27-4)22(18)28-5/h7-11,19H,6,12-14H2,1-5H3. The van der Waals surface area contributed by atoms with Gasteiger partial charge in [0.05, 0.1) is 27.9 Å². The van der Waals surface area contributed by atoms with Crippen molar-refractivity contribution in [2.24, 2.45) is 0 Å². The van der Waals surface area contributed by atoms with Gasteiger partial charge >= 0.3 is 5.97 Å². The number of carbonyl (C=O) groups is 1. The lowest BCUT2D eigenvalue weighted by Gasteiger charge is -2.38. The Morgan fingerprint density at radius 3 is 2.28 bits per heavy atom. The summed E-state index contributed by atoms with van der Waals surface area (Å²) >= 11 is 0. The Kier molecular flexibility index (Phi) is 6.64. The van der Waals surface area contributed by atoms with E-state index in [1.165, 1.54) is 0 Å². The molecule has 1 atom stereocenters. The molecular weight excluding hydrogens is 370 g/mol. The topological polar surface area (TPSA) is 57.2 Å². The van der Waals surface area contributed by atoms with E-state index in [1.807, 2.05) is 32.0 Å². The first-order valence-electron chi connectivity index (χ1n) is 9.83. The van der Waals surface area contributed by atoms with Gasteiger partial charge in [0.1, 0.15) is 11.8 Å². The molecule has 2 aromatic carbocycles. The van der Waals surface area contributed by atoms with E-state index in [9.17, 15) is 4.79 Å². The van der Waals surface area contributed by atoms with E-state index in [2.05, 4.69) is 17.0 Å². The fraction of sp³-hybridized carbons (Fsp3) is 0.435. The number of rotatable bonds is 7. The van der Waals surface area contributed by atoms with Gasteiger partial charge in [-0.2, -0.15) is 0 Å². The molecule has 1 aliphatic rings. The smallest absolute Gasteiger partial charge is 0.328 e. The fourth-order valence-corrected chi connectivity index (χ4v) is 4.19. The SMILES string of the molecule is CCOC(=O)C1c2c(c(OC)c(C)c(OC)c2OC)CCN1Cc1ccccc1. The molecule has 6 heteroatoms. The molecule has 2 aromatic rings. The molecule has 0 spiro atoms. The zero-order valence-corrected chi connectivity index (χ0v) is 17.8. The zero-order valence-electron chi connectivity index (χ0n) is 17.8. The highest BCUT2D eigenvalue weighted by Crippen LogP contribution is 2.49. The molecule has 0 aromatic heterocycles. The second kappa shape index (κ2) is 9.18. The maximum absolute atomic E-state index is 13.1. The Balaban J connectivity index is 2.18. The van der Waals surface area contributed by atoms with Crippen molar-refractivity contribution in [2.45, 2.75) is 32.9 Å². The van der Waals surface area contributed by atoms with E-state index in [-0.39, 0.29) is 5.97 Å².